The van der Waals surface area contributed by atoms with Crippen LogP contribution in [0.3, 0.4) is 0 Å². The Kier molecular flexibility index (Phi) is 5.57. The molecule has 2 amide bonds. The standard InChI is InChI=1S/C16H18BrN3O3/c1-10(9-18)19-15(21)11-5-3-4-6-12(11)20(2)16(22)13-7-8-14(17)23-13/h3-8,10H,9,18H2,1-2H3,(H,19,21)/t10-/m0/s1. The van der Waals surface area contributed by atoms with Crippen LogP contribution in [0.4, 0.5) is 5.69 Å². The Morgan fingerprint density at radius 2 is 2.00 bits per heavy atom. The number of carbonyl (C=O) groups excluding carboxylic acids is 2. The van der Waals surface area contributed by atoms with Crippen molar-refractivity contribution in [1.29, 1.82) is 0 Å². The highest BCUT2D eigenvalue weighted by Gasteiger charge is 2.22. The molecular formula is C16H18BrN3O3. The third-order valence-electron chi connectivity index (χ3n) is 3.33. The largest absolute Gasteiger partial charge is 0.444 e. The summed E-state index contributed by atoms with van der Waals surface area (Å²) in [6.07, 6.45) is 0. The van der Waals surface area contributed by atoms with Crippen LogP contribution in [0, 0.1) is 0 Å². The molecule has 6 nitrogen and oxygen atoms in total. The van der Waals surface area contributed by atoms with Gasteiger partial charge in [-0.15, -0.1) is 0 Å². The first-order valence-corrected chi connectivity index (χ1v) is 7.86. The minimum Gasteiger partial charge on any atom is -0.444 e. The predicted octanol–water partition coefficient (Wildman–Crippen LogP) is 2.40. The number of carbonyl (C=O) groups is 2. The Labute approximate surface area is 142 Å². The third-order valence-corrected chi connectivity index (χ3v) is 3.76. The van der Waals surface area contributed by atoms with Crippen LogP contribution in [-0.2, 0) is 0 Å². The fourth-order valence-corrected chi connectivity index (χ4v) is 2.33. The van der Waals surface area contributed by atoms with E-state index in [1.54, 1.807) is 43.4 Å². The fourth-order valence-electron chi connectivity index (χ4n) is 2.02. The molecule has 0 aliphatic rings. The zero-order valence-electron chi connectivity index (χ0n) is 12.9. The van der Waals surface area contributed by atoms with E-state index < -0.39 is 0 Å². The number of anilines is 1. The van der Waals surface area contributed by atoms with Gasteiger partial charge in [0.1, 0.15) is 0 Å². The van der Waals surface area contributed by atoms with Crippen LogP contribution in [0.25, 0.3) is 0 Å². The number of para-hydroxylation sites is 1. The van der Waals surface area contributed by atoms with Crippen LogP contribution in [0.15, 0.2) is 45.5 Å². The molecule has 0 bridgehead atoms. The molecule has 0 radical (unpaired) electrons. The Morgan fingerprint density at radius 3 is 2.61 bits per heavy atom. The lowest BCUT2D eigenvalue weighted by Crippen LogP contribution is -2.38. The van der Waals surface area contributed by atoms with E-state index in [1.807, 2.05) is 6.92 Å². The van der Waals surface area contributed by atoms with Crippen molar-refractivity contribution in [2.75, 3.05) is 18.5 Å². The highest BCUT2D eigenvalue weighted by atomic mass is 79.9. The fraction of sp³-hybridized carbons (Fsp3) is 0.250. The third kappa shape index (κ3) is 4.00. The monoisotopic (exact) mass is 379 g/mol. The summed E-state index contributed by atoms with van der Waals surface area (Å²) in [6, 6.07) is 9.93. The average molecular weight is 380 g/mol. The normalized spacial score (nSPS) is 11.8. The molecule has 23 heavy (non-hydrogen) atoms. The van der Waals surface area contributed by atoms with Gasteiger partial charge >= 0.3 is 0 Å². The van der Waals surface area contributed by atoms with Crippen molar-refractivity contribution in [3.05, 3.63) is 52.4 Å². The minimum atomic E-state index is -0.345. The van der Waals surface area contributed by atoms with Crippen molar-refractivity contribution in [3.63, 3.8) is 0 Å². The van der Waals surface area contributed by atoms with Gasteiger partial charge in [-0.2, -0.15) is 0 Å². The minimum absolute atomic E-state index is 0.155. The van der Waals surface area contributed by atoms with Crippen molar-refractivity contribution in [2.24, 2.45) is 5.73 Å². The second-order valence-corrected chi connectivity index (χ2v) is 5.88. The summed E-state index contributed by atoms with van der Waals surface area (Å²) in [5.41, 5.74) is 6.42. The van der Waals surface area contributed by atoms with Crippen LogP contribution in [0.2, 0.25) is 0 Å². The average Bonchev–Trinajstić information content (AvgIpc) is 2.99. The van der Waals surface area contributed by atoms with E-state index in [2.05, 4.69) is 21.2 Å². The van der Waals surface area contributed by atoms with Gasteiger partial charge in [-0.25, -0.2) is 0 Å². The maximum atomic E-state index is 12.5. The first kappa shape index (κ1) is 17.2. The number of furan rings is 1. The Bertz CT molecular complexity index is 714. The van der Waals surface area contributed by atoms with Gasteiger partial charge in [0.05, 0.1) is 11.3 Å². The maximum absolute atomic E-state index is 12.5. The smallest absolute Gasteiger partial charge is 0.293 e. The molecule has 122 valence electrons. The zero-order chi connectivity index (χ0) is 17.0. The summed E-state index contributed by atoms with van der Waals surface area (Å²) in [4.78, 5) is 26.2. The summed E-state index contributed by atoms with van der Waals surface area (Å²) >= 11 is 3.17. The number of nitrogens with one attached hydrogen (secondary N) is 1. The summed E-state index contributed by atoms with van der Waals surface area (Å²) in [5.74, 6) is -0.438. The SMILES string of the molecule is C[C@@H](CN)NC(=O)c1ccccc1N(C)C(=O)c1ccc(Br)o1. The quantitative estimate of drug-likeness (QED) is 0.834. The lowest BCUT2D eigenvalue weighted by atomic mass is 10.1. The molecule has 0 saturated carbocycles. The number of halogens is 1. The molecule has 7 heteroatoms. The van der Waals surface area contributed by atoms with Gasteiger partial charge in [-0.1, -0.05) is 12.1 Å². The zero-order valence-corrected chi connectivity index (χ0v) is 14.5. The van der Waals surface area contributed by atoms with Crippen LogP contribution in [0.1, 0.15) is 27.8 Å². The predicted molar refractivity (Wildman–Crippen MR) is 91.6 cm³/mol. The first-order chi connectivity index (χ1) is 10.9. The van der Waals surface area contributed by atoms with Crippen LogP contribution < -0.4 is 16.0 Å². The summed E-state index contributed by atoms with van der Waals surface area (Å²) in [7, 11) is 1.59. The summed E-state index contributed by atoms with van der Waals surface area (Å²) < 4.78 is 5.75. The molecular weight excluding hydrogens is 362 g/mol. The molecule has 1 aromatic carbocycles. The Balaban J connectivity index is 2.28. The molecule has 2 rings (SSSR count). The Morgan fingerprint density at radius 1 is 1.30 bits per heavy atom. The van der Waals surface area contributed by atoms with E-state index in [0.29, 0.717) is 22.5 Å². The lowest BCUT2D eigenvalue weighted by molar-refractivity contribution is 0.0941. The van der Waals surface area contributed by atoms with E-state index in [4.69, 9.17) is 10.2 Å². The van der Waals surface area contributed by atoms with Gasteiger partial charge in [0.25, 0.3) is 11.8 Å². The summed E-state index contributed by atoms with van der Waals surface area (Å²) in [6.45, 7) is 2.15. The molecule has 1 atom stereocenters. The molecule has 0 fully saturated rings. The molecule has 2 aromatic rings. The van der Waals surface area contributed by atoms with Crippen molar-refractivity contribution in [1.82, 2.24) is 5.32 Å². The number of hydrogen-bond acceptors (Lipinski definition) is 4. The molecule has 0 aliphatic carbocycles. The Hall–Kier alpha value is -2.12. The molecule has 0 aliphatic heterocycles. The number of nitrogens with two attached hydrogens (primary N) is 1. The van der Waals surface area contributed by atoms with E-state index in [0.717, 1.165) is 0 Å². The summed E-state index contributed by atoms with van der Waals surface area (Å²) in [5, 5.41) is 2.79. The molecule has 1 aromatic heterocycles. The van der Waals surface area contributed by atoms with Crippen LogP contribution in [-0.4, -0.2) is 31.4 Å². The first-order valence-electron chi connectivity index (χ1n) is 7.07. The molecule has 1 heterocycles. The van der Waals surface area contributed by atoms with Crippen molar-refractivity contribution >= 4 is 33.4 Å². The second kappa shape index (κ2) is 7.43. The van der Waals surface area contributed by atoms with Gasteiger partial charge in [0.15, 0.2) is 10.4 Å². The second-order valence-electron chi connectivity index (χ2n) is 5.10. The number of benzene rings is 1. The van der Waals surface area contributed by atoms with Gasteiger partial charge < -0.3 is 20.4 Å². The van der Waals surface area contributed by atoms with Crippen LogP contribution in [0.5, 0.6) is 0 Å². The van der Waals surface area contributed by atoms with E-state index in [9.17, 15) is 9.59 Å². The number of nitrogens with zero attached hydrogens (tertiary/aromatic N) is 1. The van der Waals surface area contributed by atoms with Crippen LogP contribution >= 0.6 is 15.9 Å². The van der Waals surface area contributed by atoms with Gasteiger partial charge in [0.2, 0.25) is 0 Å². The molecule has 0 unspecified atom stereocenters. The van der Waals surface area contributed by atoms with Gasteiger partial charge in [-0.3, -0.25) is 9.59 Å². The van der Waals surface area contributed by atoms with Gasteiger partial charge in [-0.05, 0) is 47.1 Å². The lowest BCUT2D eigenvalue weighted by Gasteiger charge is -2.20. The molecule has 0 saturated heterocycles. The highest BCUT2D eigenvalue weighted by Crippen LogP contribution is 2.23. The highest BCUT2D eigenvalue weighted by molar-refractivity contribution is 9.10. The number of rotatable bonds is 5. The van der Waals surface area contributed by atoms with Crippen molar-refractivity contribution in [2.45, 2.75) is 13.0 Å². The maximum Gasteiger partial charge on any atom is 0.293 e. The van der Waals surface area contributed by atoms with Gasteiger partial charge in [0, 0.05) is 19.6 Å². The number of amides is 2. The van der Waals surface area contributed by atoms with E-state index >= 15 is 0 Å². The number of hydrogen-bond donors (Lipinski definition) is 2. The van der Waals surface area contributed by atoms with E-state index in [-0.39, 0.29) is 23.6 Å². The topological polar surface area (TPSA) is 88.6 Å². The van der Waals surface area contributed by atoms with Crippen molar-refractivity contribution < 1.29 is 14.0 Å². The molecule has 0 spiro atoms. The van der Waals surface area contributed by atoms with E-state index in [1.165, 1.54) is 4.90 Å². The molecule has 3 N–H and O–H groups in total. The van der Waals surface area contributed by atoms with Crippen molar-refractivity contribution in [3.8, 4) is 0 Å².